The third kappa shape index (κ3) is 6.04. The number of aromatic nitrogens is 1. The highest BCUT2D eigenvalue weighted by molar-refractivity contribution is 5.85. The molecule has 1 aromatic heterocycles. The highest BCUT2D eigenvalue weighted by Gasteiger charge is 2.43. The molecule has 29 heavy (non-hydrogen) atoms. The zero-order valence-corrected chi connectivity index (χ0v) is 19.3. The van der Waals surface area contributed by atoms with Gasteiger partial charge in [0.15, 0.2) is 0 Å². The highest BCUT2D eigenvalue weighted by atomic mass is 35.5. The van der Waals surface area contributed by atoms with Gasteiger partial charge < -0.3 is 4.74 Å². The Bertz CT molecular complexity index is 732. The van der Waals surface area contributed by atoms with Crippen LogP contribution in [0.5, 0.6) is 0 Å². The molecule has 1 aromatic carbocycles. The first-order valence-corrected chi connectivity index (χ1v) is 10.8. The van der Waals surface area contributed by atoms with Crippen LogP contribution in [0.15, 0.2) is 48.7 Å². The Hall–Kier alpha value is -1.42. The number of pyridine rings is 1. The summed E-state index contributed by atoms with van der Waals surface area (Å²) in [5.74, 6) is 0. The summed E-state index contributed by atoms with van der Waals surface area (Å²) in [6, 6.07) is 15.2. The van der Waals surface area contributed by atoms with Crippen molar-refractivity contribution < 1.29 is 4.74 Å². The van der Waals surface area contributed by atoms with Gasteiger partial charge in [0.25, 0.3) is 0 Å². The van der Waals surface area contributed by atoms with Gasteiger partial charge >= 0.3 is 0 Å². The average Bonchev–Trinajstić information content (AvgIpc) is 3.13. The molecule has 0 unspecified atom stereocenters. The van der Waals surface area contributed by atoms with E-state index in [1.807, 2.05) is 13.1 Å². The Morgan fingerprint density at radius 3 is 2.55 bits per heavy atom. The van der Waals surface area contributed by atoms with Crippen molar-refractivity contribution in [3.05, 3.63) is 65.5 Å². The van der Waals surface area contributed by atoms with Crippen molar-refractivity contribution in [3.63, 3.8) is 0 Å². The van der Waals surface area contributed by atoms with Crippen molar-refractivity contribution in [2.45, 2.75) is 58.9 Å². The number of hydrogen-bond donors (Lipinski definition) is 0. The van der Waals surface area contributed by atoms with Gasteiger partial charge in [-0.1, -0.05) is 36.4 Å². The zero-order valence-electron chi connectivity index (χ0n) is 18.5. The molecule has 2 heterocycles. The first kappa shape index (κ1) is 23.9. The minimum Gasteiger partial charge on any atom is -0.381 e. The van der Waals surface area contributed by atoms with Crippen LogP contribution in [0.4, 0.5) is 0 Å². The summed E-state index contributed by atoms with van der Waals surface area (Å²) in [6.45, 7) is 12.7. The van der Waals surface area contributed by atoms with E-state index in [9.17, 15) is 0 Å². The molecular formula is C25H37ClN2O. The molecule has 0 amide bonds. The van der Waals surface area contributed by atoms with Gasteiger partial charge in [-0.2, -0.15) is 0 Å². The van der Waals surface area contributed by atoms with Crippen LogP contribution in [-0.4, -0.2) is 36.2 Å². The summed E-state index contributed by atoms with van der Waals surface area (Å²) >= 11 is 0. The summed E-state index contributed by atoms with van der Waals surface area (Å²) in [5, 5.41) is 0. The largest absolute Gasteiger partial charge is 0.381 e. The van der Waals surface area contributed by atoms with Gasteiger partial charge in [0.1, 0.15) is 0 Å². The van der Waals surface area contributed by atoms with Crippen LogP contribution < -0.4 is 0 Å². The number of benzene rings is 1. The van der Waals surface area contributed by atoms with Crippen LogP contribution in [0.2, 0.25) is 0 Å². The van der Waals surface area contributed by atoms with Crippen LogP contribution >= 0.6 is 12.4 Å². The molecule has 0 bridgehead atoms. The quantitative estimate of drug-likeness (QED) is 0.516. The number of aryl methyl sites for hydroxylation is 2. The molecule has 0 aliphatic carbocycles. The second-order valence-electron chi connectivity index (χ2n) is 8.90. The van der Waals surface area contributed by atoms with E-state index in [4.69, 9.17) is 4.74 Å². The Morgan fingerprint density at radius 2 is 1.90 bits per heavy atom. The summed E-state index contributed by atoms with van der Waals surface area (Å²) in [5.41, 5.74) is 4.08. The summed E-state index contributed by atoms with van der Waals surface area (Å²) in [7, 11) is 0. The molecule has 1 atom stereocenters. The molecule has 0 N–H and O–H groups in total. The predicted octanol–water partition coefficient (Wildman–Crippen LogP) is 5.80. The van der Waals surface area contributed by atoms with Gasteiger partial charge in [-0.25, -0.2) is 0 Å². The topological polar surface area (TPSA) is 25.4 Å². The second-order valence-corrected chi connectivity index (χ2v) is 8.90. The fourth-order valence-corrected chi connectivity index (χ4v) is 4.45. The number of ether oxygens (including phenoxy) is 1. The summed E-state index contributed by atoms with van der Waals surface area (Å²) in [4.78, 5) is 7.17. The van der Waals surface area contributed by atoms with Gasteiger partial charge in [0.05, 0.1) is 6.61 Å². The molecule has 3 rings (SSSR count). The van der Waals surface area contributed by atoms with E-state index in [0.717, 1.165) is 38.4 Å². The monoisotopic (exact) mass is 416 g/mol. The van der Waals surface area contributed by atoms with E-state index < -0.39 is 0 Å². The van der Waals surface area contributed by atoms with Crippen molar-refractivity contribution >= 4 is 12.4 Å². The molecule has 1 saturated heterocycles. The van der Waals surface area contributed by atoms with Gasteiger partial charge in [-0.3, -0.25) is 9.88 Å². The third-order valence-corrected chi connectivity index (χ3v) is 6.47. The fourth-order valence-electron chi connectivity index (χ4n) is 4.45. The molecule has 3 nitrogen and oxygen atoms in total. The van der Waals surface area contributed by atoms with E-state index in [1.54, 1.807) is 0 Å². The minimum atomic E-state index is -0.00586. The molecule has 2 aromatic rings. The highest BCUT2D eigenvalue weighted by Crippen LogP contribution is 2.41. The smallest absolute Gasteiger partial charge is 0.0535 e. The van der Waals surface area contributed by atoms with Gasteiger partial charge in [-0.05, 0) is 77.1 Å². The molecule has 4 heteroatoms. The fraction of sp³-hybridized carbons (Fsp3) is 0.560. The third-order valence-electron chi connectivity index (χ3n) is 6.47. The van der Waals surface area contributed by atoms with E-state index >= 15 is 0 Å². The molecule has 0 radical (unpaired) electrons. The van der Waals surface area contributed by atoms with Crippen molar-refractivity contribution in [1.82, 2.24) is 9.88 Å². The van der Waals surface area contributed by atoms with Crippen molar-refractivity contribution in [2.75, 3.05) is 26.3 Å². The van der Waals surface area contributed by atoms with Crippen molar-refractivity contribution in [3.8, 4) is 0 Å². The van der Waals surface area contributed by atoms with E-state index in [2.05, 4.69) is 73.1 Å². The SMILES string of the molecule is CCOC[C@]1(CCCc2ccccc2)CCN(C(C)(C)c2ccc(C)nc2)C1.Cl. The Labute approximate surface area is 183 Å². The Morgan fingerprint density at radius 1 is 1.14 bits per heavy atom. The first-order valence-electron chi connectivity index (χ1n) is 10.8. The van der Waals surface area contributed by atoms with Crippen molar-refractivity contribution in [1.29, 1.82) is 0 Å². The number of likely N-dealkylation sites (tertiary alicyclic amines) is 1. The molecule has 160 valence electrons. The molecule has 0 saturated carbocycles. The lowest BCUT2D eigenvalue weighted by Gasteiger charge is -2.38. The second kappa shape index (κ2) is 10.6. The van der Waals surface area contributed by atoms with Crippen LogP contribution in [0.1, 0.15) is 56.9 Å². The lowest BCUT2D eigenvalue weighted by molar-refractivity contribution is 0.0372. The molecular weight excluding hydrogens is 380 g/mol. The van der Waals surface area contributed by atoms with E-state index in [-0.39, 0.29) is 23.4 Å². The Balaban J connectivity index is 0.00000300. The van der Waals surface area contributed by atoms with E-state index in [0.29, 0.717) is 0 Å². The molecule has 0 spiro atoms. The lowest BCUT2D eigenvalue weighted by atomic mass is 9.82. The summed E-state index contributed by atoms with van der Waals surface area (Å²) < 4.78 is 5.97. The number of rotatable bonds is 9. The van der Waals surface area contributed by atoms with Crippen LogP contribution in [0.25, 0.3) is 0 Å². The molecule has 1 aliphatic heterocycles. The normalized spacial score (nSPS) is 19.9. The van der Waals surface area contributed by atoms with E-state index in [1.165, 1.54) is 30.4 Å². The lowest BCUT2D eigenvalue weighted by Crippen LogP contribution is -2.42. The molecule has 1 fully saturated rings. The van der Waals surface area contributed by atoms with Gasteiger partial charge in [-0.15, -0.1) is 12.4 Å². The Kier molecular flexibility index (Phi) is 8.69. The van der Waals surface area contributed by atoms with Gasteiger partial charge in [0.2, 0.25) is 0 Å². The van der Waals surface area contributed by atoms with Gasteiger partial charge in [0, 0.05) is 36.0 Å². The van der Waals surface area contributed by atoms with Crippen LogP contribution in [0, 0.1) is 12.3 Å². The minimum absolute atomic E-state index is 0. The van der Waals surface area contributed by atoms with Crippen LogP contribution in [-0.2, 0) is 16.7 Å². The maximum atomic E-state index is 5.97. The first-order chi connectivity index (χ1) is 13.5. The number of nitrogens with zero attached hydrogens (tertiary/aromatic N) is 2. The molecule has 1 aliphatic rings. The average molecular weight is 417 g/mol. The number of hydrogen-bond acceptors (Lipinski definition) is 3. The maximum Gasteiger partial charge on any atom is 0.0535 e. The predicted molar refractivity (Wildman–Crippen MR) is 124 cm³/mol. The standard InChI is InChI=1S/C25H36N2O.ClH/c1-5-28-20-25(15-9-12-22-10-7-6-8-11-22)16-17-27(19-25)24(3,4)23-14-13-21(2)26-18-23;/h6-8,10-11,13-14,18H,5,9,12,15-17,19-20H2,1-4H3;1H/t25-;/m1./s1. The van der Waals surface area contributed by atoms with Crippen molar-refractivity contribution in [2.24, 2.45) is 5.41 Å². The zero-order chi connectivity index (χ0) is 20.0. The van der Waals surface area contributed by atoms with Crippen LogP contribution in [0.3, 0.4) is 0 Å². The maximum absolute atomic E-state index is 5.97. The number of halogens is 1. The summed E-state index contributed by atoms with van der Waals surface area (Å²) in [6.07, 6.45) is 6.86.